The number of ether oxygens (including phenoxy) is 1. The fraction of sp³-hybridized carbons (Fsp3) is 0.440. The number of methoxy groups -OCH3 is 1. The number of nitrogens with zero attached hydrogens (tertiary/aromatic N) is 1. The van der Waals surface area contributed by atoms with Crippen molar-refractivity contribution in [1.82, 2.24) is 10.2 Å². The lowest BCUT2D eigenvalue weighted by atomic mass is 10.0. The van der Waals surface area contributed by atoms with Gasteiger partial charge in [0.1, 0.15) is 11.8 Å². The van der Waals surface area contributed by atoms with Crippen LogP contribution in [0.2, 0.25) is 0 Å². The number of carbonyl (C=O) groups excluding carboxylic acids is 2. The Balaban J connectivity index is 2.26. The second kappa shape index (κ2) is 11.4. The van der Waals surface area contributed by atoms with E-state index in [2.05, 4.69) is 19.2 Å². The fourth-order valence-corrected chi connectivity index (χ4v) is 3.37. The molecule has 162 valence electrons. The summed E-state index contributed by atoms with van der Waals surface area (Å²) in [7, 11) is 1.62. The zero-order valence-electron chi connectivity index (χ0n) is 18.8. The minimum absolute atomic E-state index is 0.0528. The maximum atomic E-state index is 13.3. The number of nitrogens with one attached hydrogen (secondary N) is 1. The quantitative estimate of drug-likeness (QED) is 0.641. The molecule has 1 N–H and O–H groups in total. The largest absolute Gasteiger partial charge is 0.497 e. The fourth-order valence-electron chi connectivity index (χ4n) is 3.37. The molecule has 0 aromatic heterocycles. The van der Waals surface area contributed by atoms with Gasteiger partial charge in [-0.1, -0.05) is 62.7 Å². The van der Waals surface area contributed by atoms with Crippen LogP contribution in [0.15, 0.2) is 48.5 Å². The third-order valence-corrected chi connectivity index (χ3v) is 5.02. The molecule has 0 radical (unpaired) electrons. The first-order chi connectivity index (χ1) is 14.3. The Morgan fingerprint density at radius 1 is 1.07 bits per heavy atom. The normalized spacial score (nSPS) is 11.8. The molecule has 5 nitrogen and oxygen atoms in total. The van der Waals surface area contributed by atoms with Gasteiger partial charge < -0.3 is 15.0 Å². The Morgan fingerprint density at radius 2 is 1.77 bits per heavy atom. The van der Waals surface area contributed by atoms with Gasteiger partial charge in [0.15, 0.2) is 0 Å². The predicted octanol–water partition coefficient (Wildman–Crippen LogP) is 4.13. The molecule has 2 amide bonds. The van der Waals surface area contributed by atoms with E-state index in [0.29, 0.717) is 25.4 Å². The maximum Gasteiger partial charge on any atom is 0.242 e. The van der Waals surface area contributed by atoms with Crippen LogP contribution in [0.3, 0.4) is 0 Å². The molecule has 0 aliphatic carbocycles. The van der Waals surface area contributed by atoms with Crippen molar-refractivity contribution in [2.24, 2.45) is 5.92 Å². The van der Waals surface area contributed by atoms with Gasteiger partial charge in [0.2, 0.25) is 11.8 Å². The highest BCUT2D eigenvalue weighted by Gasteiger charge is 2.28. The minimum atomic E-state index is -0.511. The van der Waals surface area contributed by atoms with E-state index < -0.39 is 6.04 Å². The van der Waals surface area contributed by atoms with Crippen molar-refractivity contribution >= 4 is 11.8 Å². The topological polar surface area (TPSA) is 58.6 Å². The molecular weight excluding hydrogens is 376 g/mol. The zero-order chi connectivity index (χ0) is 22.1. The molecule has 0 saturated carbocycles. The number of hydrogen-bond acceptors (Lipinski definition) is 3. The number of benzene rings is 2. The third-order valence-electron chi connectivity index (χ3n) is 5.02. The van der Waals surface area contributed by atoms with Gasteiger partial charge in [0, 0.05) is 13.1 Å². The molecule has 5 heteroatoms. The standard InChI is InChI=1S/C25H34N2O3/c1-6-23(25(29)26-16-18(2)3)27(17-20-10-12-22(30-5)13-11-20)24(28)15-21-9-7-8-19(4)14-21/h7-14,18,23H,6,15-17H2,1-5H3,(H,26,29)/t23-/m1/s1. The molecule has 0 aliphatic heterocycles. The average Bonchev–Trinajstić information content (AvgIpc) is 2.72. The maximum absolute atomic E-state index is 13.3. The molecule has 0 fully saturated rings. The molecule has 2 aromatic carbocycles. The molecular formula is C25H34N2O3. The van der Waals surface area contributed by atoms with E-state index in [1.807, 2.05) is 62.4 Å². The molecule has 1 atom stereocenters. The Morgan fingerprint density at radius 3 is 2.33 bits per heavy atom. The van der Waals surface area contributed by atoms with Crippen molar-refractivity contribution < 1.29 is 14.3 Å². The Labute approximate surface area is 180 Å². The number of rotatable bonds is 10. The van der Waals surface area contributed by atoms with Gasteiger partial charge >= 0.3 is 0 Å². The lowest BCUT2D eigenvalue weighted by Gasteiger charge is -2.31. The smallest absolute Gasteiger partial charge is 0.242 e. The van der Waals surface area contributed by atoms with Crippen LogP contribution < -0.4 is 10.1 Å². The van der Waals surface area contributed by atoms with E-state index >= 15 is 0 Å². The monoisotopic (exact) mass is 410 g/mol. The van der Waals surface area contributed by atoms with Gasteiger partial charge in [-0.3, -0.25) is 9.59 Å². The molecule has 30 heavy (non-hydrogen) atoms. The Kier molecular flexibility index (Phi) is 8.90. The summed E-state index contributed by atoms with van der Waals surface area (Å²) < 4.78 is 5.23. The lowest BCUT2D eigenvalue weighted by molar-refractivity contribution is -0.141. The van der Waals surface area contributed by atoms with Gasteiger partial charge in [0.05, 0.1) is 13.5 Å². The van der Waals surface area contributed by atoms with E-state index in [0.717, 1.165) is 22.4 Å². The highest BCUT2D eigenvalue weighted by Crippen LogP contribution is 2.18. The van der Waals surface area contributed by atoms with E-state index in [1.165, 1.54) is 0 Å². The number of amides is 2. The summed E-state index contributed by atoms with van der Waals surface area (Å²) in [6.07, 6.45) is 0.825. The van der Waals surface area contributed by atoms with E-state index in [4.69, 9.17) is 4.74 Å². The SMILES string of the molecule is CC[C@H](C(=O)NCC(C)C)N(Cc1ccc(OC)cc1)C(=O)Cc1cccc(C)c1. The summed E-state index contributed by atoms with van der Waals surface area (Å²) in [5.74, 6) is 0.961. The number of hydrogen-bond donors (Lipinski definition) is 1. The summed E-state index contributed by atoms with van der Waals surface area (Å²) in [4.78, 5) is 27.9. The van der Waals surface area contributed by atoms with Crippen LogP contribution in [0.5, 0.6) is 5.75 Å². The van der Waals surface area contributed by atoms with Gasteiger partial charge in [-0.25, -0.2) is 0 Å². The molecule has 0 aliphatic rings. The summed E-state index contributed by atoms with van der Waals surface area (Å²) in [6, 6.07) is 15.0. The van der Waals surface area contributed by atoms with Crippen LogP contribution >= 0.6 is 0 Å². The molecule has 0 unspecified atom stereocenters. The summed E-state index contributed by atoms with van der Waals surface area (Å²) in [5.41, 5.74) is 3.03. The molecule has 0 heterocycles. The predicted molar refractivity (Wildman–Crippen MR) is 120 cm³/mol. The first kappa shape index (κ1) is 23.5. The number of carbonyl (C=O) groups is 2. The molecule has 0 spiro atoms. The zero-order valence-corrected chi connectivity index (χ0v) is 18.8. The van der Waals surface area contributed by atoms with Crippen LogP contribution in [0.25, 0.3) is 0 Å². The Hall–Kier alpha value is -2.82. The molecule has 0 saturated heterocycles. The third kappa shape index (κ3) is 6.90. The van der Waals surface area contributed by atoms with Gasteiger partial charge in [-0.05, 0) is 42.5 Å². The second-order valence-electron chi connectivity index (χ2n) is 8.10. The van der Waals surface area contributed by atoms with Crippen molar-refractivity contribution in [1.29, 1.82) is 0 Å². The van der Waals surface area contributed by atoms with Crippen molar-refractivity contribution in [2.75, 3.05) is 13.7 Å². The first-order valence-corrected chi connectivity index (χ1v) is 10.6. The minimum Gasteiger partial charge on any atom is -0.497 e. The van der Waals surface area contributed by atoms with E-state index in [9.17, 15) is 9.59 Å². The van der Waals surface area contributed by atoms with Crippen LogP contribution in [0.4, 0.5) is 0 Å². The summed E-state index contributed by atoms with van der Waals surface area (Å²) in [6.45, 7) is 9.04. The molecule has 2 rings (SSSR count). The second-order valence-corrected chi connectivity index (χ2v) is 8.10. The van der Waals surface area contributed by atoms with Crippen LogP contribution in [-0.4, -0.2) is 36.4 Å². The van der Waals surface area contributed by atoms with Crippen molar-refractivity contribution in [3.63, 3.8) is 0 Å². The number of aryl methyl sites for hydroxylation is 1. The Bertz CT molecular complexity index is 831. The van der Waals surface area contributed by atoms with Crippen molar-refractivity contribution in [2.45, 2.75) is 53.1 Å². The molecule has 2 aromatic rings. The van der Waals surface area contributed by atoms with Crippen molar-refractivity contribution in [3.05, 3.63) is 65.2 Å². The van der Waals surface area contributed by atoms with E-state index in [1.54, 1.807) is 12.0 Å². The highest BCUT2D eigenvalue weighted by atomic mass is 16.5. The van der Waals surface area contributed by atoms with Crippen LogP contribution in [0.1, 0.15) is 43.9 Å². The van der Waals surface area contributed by atoms with Crippen LogP contribution in [-0.2, 0) is 22.6 Å². The van der Waals surface area contributed by atoms with Gasteiger partial charge in [-0.15, -0.1) is 0 Å². The molecule has 0 bridgehead atoms. The lowest BCUT2D eigenvalue weighted by Crippen LogP contribution is -2.50. The van der Waals surface area contributed by atoms with E-state index in [-0.39, 0.29) is 18.2 Å². The first-order valence-electron chi connectivity index (χ1n) is 10.6. The van der Waals surface area contributed by atoms with Crippen molar-refractivity contribution in [3.8, 4) is 5.75 Å². The summed E-state index contributed by atoms with van der Waals surface area (Å²) in [5, 5.41) is 2.99. The van der Waals surface area contributed by atoms with Gasteiger partial charge in [-0.2, -0.15) is 0 Å². The highest BCUT2D eigenvalue weighted by molar-refractivity contribution is 5.88. The van der Waals surface area contributed by atoms with Crippen LogP contribution in [0, 0.1) is 12.8 Å². The summed E-state index contributed by atoms with van der Waals surface area (Å²) >= 11 is 0. The average molecular weight is 411 g/mol. The van der Waals surface area contributed by atoms with Gasteiger partial charge in [0.25, 0.3) is 0 Å².